The highest BCUT2D eigenvalue weighted by Gasteiger charge is 2.28. The van der Waals surface area contributed by atoms with Gasteiger partial charge in [-0.3, -0.25) is 4.79 Å². The lowest BCUT2D eigenvalue weighted by Gasteiger charge is -2.09. The van der Waals surface area contributed by atoms with Gasteiger partial charge in [-0.25, -0.2) is 9.97 Å². The number of rotatable bonds is 8. The van der Waals surface area contributed by atoms with Gasteiger partial charge >= 0.3 is 6.18 Å². The molecule has 2 heterocycles. The quantitative estimate of drug-likeness (QED) is 0.555. The smallest absolute Gasteiger partial charge is 0.405 e. The number of anilines is 1. The molecule has 0 fully saturated rings. The number of hydrogen-bond donors (Lipinski definition) is 2. The Morgan fingerprint density at radius 1 is 1.17 bits per heavy atom. The van der Waals surface area contributed by atoms with E-state index in [0.717, 1.165) is 29.1 Å². The normalized spacial score (nSPS) is 11.2. The number of nitrogens with zero attached hydrogens (tertiary/aromatic N) is 2. The summed E-state index contributed by atoms with van der Waals surface area (Å²) in [6.07, 6.45) is -2.33. The SMILES string of the molecule is COc1ccccc1CCNc1cc(-c2ccc(C(=O)NCC(F)(F)F)s2)ncn1. The van der Waals surface area contributed by atoms with Crippen LogP contribution in [0.25, 0.3) is 10.6 Å². The number of halogens is 3. The van der Waals surface area contributed by atoms with E-state index in [4.69, 9.17) is 4.74 Å². The van der Waals surface area contributed by atoms with E-state index >= 15 is 0 Å². The number of carbonyl (C=O) groups is 1. The van der Waals surface area contributed by atoms with Crippen molar-refractivity contribution < 1.29 is 22.7 Å². The number of methoxy groups -OCH3 is 1. The van der Waals surface area contributed by atoms with Crippen LogP contribution in [0, 0.1) is 0 Å². The fourth-order valence-electron chi connectivity index (χ4n) is 2.69. The van der Waals surface area contributed by atoms with E-state index < -0.39 is 18.6 Å². The molecule has 3 rings (SSSR count). The summed E-state index contributed by atoms with van der Waals surface area (Å²) in [5.74, 6) is 0.650. The van der Waals surface area contributed by atoms with Gasteiger partial charge in [-0.1, -0.05) is 18.2 Å². The topological polar surface area (TPSA) is 76.1 Å². The third-order valence-electron chi connectivity index (χ3n) is 4.09. The number of amides is 1. The molecule has 0 bridgehead atoms. The molecule has 0 saturated carbocycles. The first-order valence-electron chi connectivity index (χ1n) is 8.98. The van der Waals surface area contributed by atoms with Crippen LogP contribution in [0.4, 0.5) is 19.0 Å². The molecule has 2 N–H and O–H groups in total. The predicted octanol–water partition coefficient (Wildman–Crippen LogP) is 4.16. The zero-order valence-electron chi connectivity index (χ0n) is 16.0. The lowest BCUT2D eigenvalue weighted by Crippen LogP contribution is -2.33. The van der Waals surface area contributed by atoms with Crippen molar-refractivity contribution >= 4 is 23.1 Å². The molecule has 0 atom stereocenters. The van der Waals surface area contributed by atoms with Crippen LogP contribution in [-0.4, -0.2) is 42.3 Å². The minimum Gasteiger partial charge on any atom is -0.496 e. The van der Waals surface area contributed by atoms with E-state index in [0.29, 0.717) is 22.9 Å². The van der Waals surface area contributed by atoms with Crippen LogP contribution in [0.5, 0.6) is 5.75 Å². The molecule has 0 aliphatic carbocycles. The highest BCUT2D eigenvalue weighted by atomic mass is 32.1. The molecule has 1 aromatic carbocycles. The van der Waals surface area contributed by atoms with Crippen molar-refractivity contribution in [2.24, 2.45) is 0 Å². The van der Waals surface area contributed by atoms with Gasteiger partial charge in [0.2, 0.25) is 0 Å². The Hall–Kier alpha value is -3.14. The van der Waals surface area contributed by atoms with Gasteiger partial charge in [0.15, 0.2) is 0 Å². The van der Waals surface area contributed by atoms with E-state index in [-0.39, 0.29) is 4.88 Å². The maximum atomic E-state index is 12.3. The lowest BCUT2D eigenvalue weighted by atomic mass is 10.1. The van der Waals surface area contributed by atoms with Crippen molar-refractivity contribution in [1.82, 2.24) is 15.3 Å². The van der Waals surface area contributed by atoms with Crippen molar-refractivity contribution in [3.8, 4) is 16.3 Å². The van der Waals surface area contributed by atoms with Gasteiger partial charge in [-0.15, -0.1) is 11.3 Å². The fourth-order valence-corrected chi connectivity index (χ4v) is 3.58. The minimum absolute atomic E-state index is 0.179. The monoisotopic (exact) mass is 436 g/mol. The molecule has 0 unspecified atom stereocenters. The van der Waals surface area contributed by atoms with Gasteiger partial charge in [0.05, 0.1) is 22.6 Å². The van der Waals surface area contributed by atoms with Crippen molar-refractivity contribution in [3.05, 3.63) is 59.2 Å². The summed E-state index contributed by atoms with van der Waals surface area (Å²) < 4.78 is 42.1. The number of hydrogen-bond acceptors (Lipinski definition) is 6. The summed E-state index contributed by atoms with van der Waals surface area (Å²) in [5, 5.41) is 5.07. The summed E-state index contributed by atoms with van der Waals surface area (Å²) in [5.41, 5.74) is 1.64. The van der Waals surface area contributed by atoms with Crippen molar-refractivity contribution in [1.29, 1.82) is 0 Å². The summed E-state index contributed by atoms with van der Waals surface area (Å²) >= 11 is 1.07. The average molecular weight is 436 g/mol. The van der Waals surface area contributed by atoms with Crippen molar-refractivity contribution in [3.63, 3.8) is 0 Å². The van der Waals surface area contributed by atoms with E-state index in [2.05, 4.69) is 15.3 Å². The molecule has 1 amide bonds. The van der Waals surface area contributed by atoms with Crippen LogP contribution in [0.1, 0.15) is 15.2 Å². The highest BCUT2D eigenvalue weighted by molar-refractivity contribution is 7.17. The number of alkyl halides is 3. The van der Waals surface area contributed by atoms with Crippen LogP contribution in [0.15, 0.2) is 48.8 Å². The molecule has 10 heteroatoms. The molecule has 0 radical (unpaired) electrons. The molecule has 3 aromatic rings. The Labute approximate surface area is 175 Å². The maximum absolute atomic E-state index is 12.3. The first-order valence-corrected chi connectivity index (χ1v) is 9.80. The van der Waals surface area contributed by atoms with E-state index in [9.17, 15) is 18.0 Å². The number of para-hydroxylation sites is 1. The molecule has 0 spiro atoms. The second kappa shape index (κ2) is 9.57. The molecule has 0 saturated heterocycles. The van der Waals surface area contributed by atoms with Crippen LogP contribution in [-0.2, 0) is 6.42 Å². The number of nitrogens with one attached hydrogen (secondary N) is 2. The Morgan fingerprint density at radius 3 is 2.73 bits per heavy atom. The van der Waals surface area contributed by atoms with Gasteiger partial charge in [0, 0.05) is 12.6 Å². The lowest BCUT2D eigenvalue weighted by molar-refractivity contribution is -0.123. The van der Waals surface area contributed by atoms with Gasteiger partial charge in [0.25, 0.3) is 5.91 Å². The zero-order valence-corrected chi connectivity index (χ0v) is 16.8. The number of aromatic nitrogens is 2. The Morgan fingerprint density at radius 2 is 1.97 bits per heavy atom. The Kier molecular flexibility index (Phi) is 6.88. The first kappa shape index (κ1) is 21.6. The van der Waals surface area contributed by atoms with E-state index in [1.807, 2.05) is 29.6 Å². The highest BCUT2D eigenvalue weighted by Crippen LogP contribution is 2.28. The standard InChI is InChI=1S/C20H19F3N4O2S/c1-29-15-5-3-2-4-13(15)8-9-24-18-10-14(26-12-27-18)16-6-7-17(30-16)19(28)25-11-20(21,22)23/h2-7,10,12H,8-9,11H2,1H3,(H,25,28)(H,24,26,27). The number of ether oxygens (including phenoxy) is 1. The van der Waals surface area contributed by atoms with Crippen LogP contribution in [0.2, 0.25) is 0 Å². The zero-order chi connectivity index (χ0) is 21.6. The van der Waals surface area contributed by atoms with Crippen LogP contribution < -0.4 is 15.4 Å². The molecule has 2 aromatic heterocycles. The number of carbonyl (C=O) groups excluding carboxylic acids is 1. The second-order valence-corrected chi connectivity index (χ2v) is 7.32. The van der Waals surface area contributed by atoms with Crippen LogP contribution in [0.3, 0.4) is 0 Å². The third-order valence-corrected chi connectivity index (χ3v) is 5.20. The molecule has 0 aliphatic rings. The number of thiophene rings is 1. The third kappa shape index (κ3) is 5.93. The van der Waals surface area contributed by atoms with E-state index in [1.54, 1.807) is 19.2 Å². The van der Waals surface area contributed by atoms with Crippen molar-refractivity contribution in [2.45, 2.75) is 12.6 Å². The molecule has 158 valence electrons. The van der Waals surface area contributed by atoms with Gasteiger partial charge in [-0.2, -0.15) is 13.2 Å². The largest absolute Gasteiger partial charge is 0.496 e. The maximum Gasteiger partial charge on any atom is 0.405 e. The molecule has 6 nitrogen and oxygen atoms in total. The number of benzene rings is 1. The van der Waals surface area contributed by atoms with Crippen LogP contribution >= 0.6 is 11.3 Å². The summed E-state index contributed by atoms with van der Waals surface area (Å²) in [6.45, 7) is -0.751. The van der Waals surface area contributed by atoms with Gasteiger partial charge in [0.1, 0.15) is 24.4 Å². The molecule has 0 aliphatic heterocycles. The van der Waals surface area contributed by atoms with Gasteiger partial charge in [-0.05, 0) is 30.2 Å². The predicted molar refractivity (Wildman–Crippen MR) is 109 cm³/mol. The minimum atomic E-state index is -4.45. The first-order chi connectivity index (χ1) is 14.4. The van der Waals surface area contributed by atoms with Crippen molar-refractivity contribution in [2.75, 3.05) is 25.5 Å². The Balaban J connectivity index is 1.61. The second-order valence-electron chi connectivity index (χ2n) is 6.24. The fraction of sp³-hybridized carbons (Fsp3) is 0.250. The van der Waals surface area contributed by atoms with E-state index in [1.165, 1.54) is 12.4 Å². The molecule has 30 heavy (non-hydrogen) atoms. The summed E-state index contributed by atoms with van der Waals surface area (Å²) in [4.78, 5) is 21.1. The average Bonchev–Trinajstić information content (AvgIpc) is 3.22. The molecular weight excluding hydrogens is 417 g/mol. The summed E-state index contributed by atoms with van der Waals surface area (Å²) in [7, 11) is 1.63. The summed E-state index contributed by atoms with van der Waals surface area (Å²) in [6, 6.07) is 12.6. The Bertz CT molecular complexity index is 1010. The molecular formula is C20H19F3N4O2S. The van der Waals surface area contributed by atoms with Gasteiger partial charge < -0.3 is 15.4 Å².